The molecule has 1 fully saturated rings. The molecule has 0 aromatic heterocycles. The van der Waals surface area contributed by atoms with Gasteiger partial charge >= 0.3 is 0 Å². The van der Waals surface area contributed by atoms with Gasteiger partial charge in [0.25, 0.3) is 10.2 Å². The minimum absolute atomic E-state index is 0.275. The number of hydrogen-bond donors (Lipinski definition) is 0. The minimum Gasteiger partial charge on any atom is -0.371 e. The maximum absolute atomic E-state index is 12.6. The summed E-state index contributed by atoms with van der Waals surface area (Å²) in [6.45, 7) is 5.55. The molecule has 0 radical (unpaired) electrons. The molecule has 1 aliphatic rings. The lowest BCUT2D eigenvalue weighted by atomic mass is 10.1. The Kier molecular flexibility index (Phi) is 6.10. The van der Waals surface area contributed by atoms with Gasteiger partial charge in [0.1, 0.15) is 0 Å². The number of benzene rings is 1. The summed E-state index contributed by atoms with van der Waals surface area (Å²) in [7, 11) is -3.46. The van der Waals surface area contributed by atoms with Crippen LogP contribution in [-0.4, -0.2) is 49.8 Å². The zero-order valence-electron chi connectivity index (χ0n) is 12.6. The lowest BCUT2D eigenvalue weighted by molar-refractivity contribution is -0.00422. The summed E-state index contributed by atoms with van der Waals surface area (Å²) >= 11 is 11.9. The van der Waals surface area contributed by atoms with Crippen molar-refractivity contribution < 1.29 is 13.2 Å². The Morgan fingerprint density at radius 1 is 1.27 bits per heavy atom. The van der Waals surface area contributed by atoms with Gasteiger partial charge in [-0.15, -0.1) is 0 Å². The predicted octanol–water partition coefficient (Wildman–Crippen LogP) is 2.95. The predicted molar refractivity (Wildman–Crippen MR) is 88.6 cm³/mol. The monoisotopic (exact) mass is 366 g/mol. The highest BCUT2D eigenvalue weighted by atomic mass is 35.5. The van der Waals surface area contributed by atoms with E-state index >= 15 is 0 Å². The minimum atomic E-state index is -3.46. The van der Waals surface area contributed by atoms with Crippen LogP contribution in [0.5, 0.6) is 0 Å². The van der Waals surface area contributed by atoms with Gasteiger partial charge in [0, 0.05) is 26.2 Å². The number of morpholine rings is 1. The quantitative estimate of drug-likeness (QED) is 0.804. The number of nitrogens with zero attached hydrogens (tertiary/aromatic N) is 2. The largest absolute Gasteiger partial charge is 0.371 e. The third kappa shape index (κ3) is 3.75. The molecule has 1 aromatic rings. The topological polar surface area (TPSA) is 49.9 Å². The van der Waals surface area contributed by atoms with Gasteiger partial charge in [0.15, 0.2) is 0 Å². The van der Waals surface area contributed by atoms with Crippen LogP contribution < -0.4 is 0 Å². The van der Waals surface area contributed by atoms with Crippen molar-refractivity contribution in [2.24, 2.45) is 0 Å². The van der Waals surface area contributed by atoms with Gasteiger partial charge in [-0.25, -0.2) is 0 Å². The molecule has 0 bridgehead atoms. The fourth-order valence-corrected chi connectivity index (χ4v) is 4.38. The summed E-state index contributed by atoms with van der Waals surface area (Å²) in [5.74, 6) is 0. The molecule has 1 aliphatic heterocycles. The van der Waals surface area contributed by atoms with Crippen molar-refractivity contribution in [2.45, 2.75) is 20.0 Å². The van der Waals surface area contributed by atoms with Crippen molar-refractivity contribution in [1.82, 2.24) is 8.61 Å². The van der Waals surface area contributed by atoms with E-state index in [-0.39, 0.29) is 12.6 Å². The highest BCUT2D eigenvalue weighted by Crippen LogP contribution is 2.30. The summed E-state index contributed by atoms with van der Waals surface area (Å²) in [5, 5.41) is 0.903. The molecule has 0 spiro atoms. The third-order valence-corrected chi connectivity index (χ3v) is 6.59. The molecule has 1 aromatic carbocycles. The van der Waals surface area contributed by atoms with Crippen molar-refractivity contribution in [3.05, 3.63) is 33.8 Å². The standard InChI is InChI=1S/C14H20Cl2N2O3S/c1-3-17(4-2)22(19,20)18-7-8-21-14(10-18)11-5-6-12(15)13(16)9-11/h5-6,9,14H,3-4,7-8,10H2,1-2H3. The first-order valence-corrected chi connectivity index (χ1v) is 9.37. The number of halogens is 2. The van der Waals surface area contributed by atoms with Crippen LogP contribution in [0.3, 0.4) is 0 Å². The van der Waals surface area contributed by atoms with Gasteiger partial charge in [-0.2, -0.15) is 17.0 Å². The van der Waals surface area contributed by atoms with Crippen LogP contribution in [-0.2, 0) is 14.9 Å². The van der Waals surface area contributed by atoms with E-state index in [1.165, 1.54) is 8.61 Å². The van der Waals surface area contributed by atoms with E-state index in [2.05, 4.69) is 0 Å². The Morgan fingerprint density at radius 3 is 2.55 bits per heavy atom. The molecule has 124 valence electrons. The second kappa shape index (κ2) is 7.47. The number of hydrogen-bond acceptors (Lipinski definition) is 3. The van der Waals surface area contributed by atoms with Crippen molar-refractivity contribution in [2.75, 3.05) is 32.8 Å². The molecule has 0 aliphatic carbocycles. The smallest absolute Gasteiger partial charge is 0.282 e. The zero-order chi connectivity index (χ0) is 16.3. The first-order valence-electron chi connectivity index (χ1n) is 7.21. The van der Waals surface area contributed by atoms with E-state index in [1.807, 2.05) is 19.9 Å². The molecular formula is C14H20Cl2N2O3S. The highest BCUT2D eigenvalue weighted by Gasteiger charge is 2.33. The lowest BCUT2D eigenvalue weighted by Crippen LogP contribution is -2.49. The third-order valence-electron chi connectivity index (χ3n) is 3.70. The molecule has 22 heavy (non-hydrogen) atoms. The van der Waals surface area contributed by atoms with Crippen LogP contribution in [0.25, 0.3) is 0 Å². The summed E-state index contributed by atoms with van der Waals surface area (Å²) in [6, 6.07) is 5.23. The molecule has 2 rings (SSSR count). The average molecular weight is 367 g/mol. The van der Waals surface area contributed by atoms with Gasteiger partial charge in [0.2, 0.25) is 0 Å². The van der Waals surface area contributed by atoms with Gasteiger partial charge in [0.05, 0.1) is 22.8 Å². The van der Waals surface area contributed by atoms with Gasteiger partial charge in [-0.05, 0) is 17.7 Å². The van der Waals surface area contributed by atoms with E-state index in [0.29, 0.717) is 36.3 Å². The van der Waals surface area contributed by atoms with E-state index in [9.17, 15) is 8.42 Å². The van der Waals surface area contributed by atoms with Crippen molar-refractivity contribution in [3.8, 4) is 0 Å². The van der Waals surface area contributed by atoms with Crippen molar-refractivity contribution in [1.29, 1.82) is 0 Å². The summed E-state index contributed by atoms with van der Waals surface area (Å²) in [4.78, 5) is 0. The van der Waals surface area contributed by atoms with Crippen LogP contribution in [0.15, 0.2) is 18.2 Å². The summed E-state index contributed by atoms with van der Waals surface area (Å²) in [5.41, 5.74) is 0.828. The molecule has 1 atom stereocenters. The molecule has 1 unspecified atom stereocenters. The lowest BCUT2D eigenvalue weighted by Gasteiger charge is -2.35. The second-order valence-electron chi connectivity index (χ2n) is 4.98. The van der Waals surface area contributed by atoms with Crippen LogP contribution in [0.4, 0.5) is 0 Å². The van der Waals surface area contributed by atoms with Gasteiger partial charge < -0.3 is 4.74 Å². The van der Waals surface area contributed by atoms with E-state index < -0.39 is 10.2 Å². The Hall–Kier alpha value is -0.370. The zero-order valence-corrected chi connectivity index (χ0v) is 15.0. The van der Waals surface area contributed by atoms with Crippen molar-refractivity contribution in [3.63, 3.8) is 0 Å². The molecule has 1 saturated heterocycles. The Balaban J connectivity index is 2.20. The van der Waals surface area contributed by atoms with E-state index in [1.54, 1.807) is 12.1 Å². The Labute approximate surface area is 141 Å². The van der Waals surface area contributed by atoms with Gasteiger partial charge in [-0.3, -0.25) is 0 Å². The Morgan fingerprint density at radius 2 is 1.95 bits per heavy atom. The highest BCUT2D eigenvalue weighted by molar-refractivity contribution is 7.86. The fraction of sp³-hybridized carbons (Fsp3) is 0.571. The maximum atomic E-state index is 12.6. The molecule has 0 N–H and O–H groups in total. The molecule has 8 heteroatoms. The summed E-state index contributed by atoms with van der Waals surface area (Å²) < 4.78 is 33.8. The second-order valence-corrected chi connectivity index (χ2v) is 7.73. The molecular weight excluding hydrogens is 347 g/mol. The van der Waals surface area contributed by atoms with Crippen LogP contribution >= 0.6 is 23.2 Å². The molecule has 0 amide bonds. The van der Waals surface area contributed by atoms with Crippen LogP contribution in [0, 0.1) is 0 Å². The van der Waals surface area contributed by atoms with E-state index in [0.717, 1.165) is 5.56 Å². The van der Waals surface area contributed by atoms with Crippen LogP contribution in [0.2, 0.25) is 10.0 Å². The first kappa shape index (κ1) is 18.0. The first-order chi connectivity index (χ1) is 10.4. The molecule has 0 saturated carbocycles. The number of ether oxygens (including phenoxy) is 1. The molecule has 1 heterocycles. The normalized spacial score (nSPS) is 20.5. The number of rotatable bonds is 5. The van der Waals surface area contributed by atoms with Gasteiger partial charge in [-0.1, -0.05) is 43.1 Å². The SMILES string of the molecule is CCN(CC)S(=O)(=O)N1CCOC(c2ccc(Cl)c(Cl)c2)C1. The van der Waals surface area contributed by atoms with Crippen LogP contribution in [0.1, 0.15) is 25.5 Å². The van der Waals surface area contributed by atoms with Crippen molar-refractivity contribution >= 4 is 33.4 Å². The molecule has 5 nitrogen and oxygen atoms in total. The van der Waals surface area contributed by atoms with E-state index in [4.69, 9.17) is 27.9 Å². The Bertz CT molecular complexity index is 621. The maximum Gasteiger partial charge on any atom is 0.282 e. The summed E-state index contributed by atoms with van der Waals surface area (Å²) in [6.07, 6.45) is -0.339. The average Bonchev–Trinajstić information content (AvgIpc) is 2.51. The fourth-order valence-electron chi connectivity index (χ4n) is 2.46.